The van der Waals surface area contributed by atoms with E-state index in [0.717, 1.165) is 12.5 Å². The van der Waals surface area contributed by atoms with Crippen molar-refractivity contribution in [1.82, 2.24) is 0 Å². The molecule has 12 heavy (non-hydrogen) atoms. The highest BCUT2D eigenvalue weighted by molar-refractivity contribution is 7.07. The lowest BCUT2D eigenvalue weighted by atomic mass is 10.5. The molecule has 0 saturated heterocycles. The van der Waals surface area contributed by atoms with E-state index < -0.39 is 8.07 Å². The van der Waals surface area contributed by atoms with Gasteiger partial charge in [-0.05, 0) is 11.6 Å². The van der Waals surface area contributed by atoms with E-state index in [9.17, 15) is 4.79 Å². The number of hydrogen-bond acceptors (Lipinski definition) is 1. The van der Waals surface area contributed by atoms with E-state index >= 15 is 0 Å². The van der Waals surface area contributed by atoms with Crippen molar-refractivity contribution in [3.05, 3.63) is 12.7 Å². The highest BCUT2D eigenvalue weighted by Gasteiger charge is 2.36. The van der Waals surface area contributed by atoms with Crippen LogP contribution in [-0.2, 0) is 4.79 Å². The zero-order chi connectivity index (χ0) is 9.78. The van der Waals surface area contributed by atoms with Crippen LogP contribution in [0.2, 0.25) is 18.1 Å². The smallest absolute Gasteiger partial charge is 0.137 e. The predicted molar refractivity (Wildman–Crippen MR) is 57.0 cm³/mol. The Labute approximate surface area is 76.9 Å². The Balaban J connectivity index is 4.60. The van der Waals surface area contributed by atoms with Gasteiger partial charge in [0.2, 0.25) is 0 Å². The van der Waals surface area contributed by atoms with Gasteiger partial charge in [-0.2, -0.15) is 0 Å². The Morgan fingerprint density at radius 3 is 2.33 bits per heavy atom. The van der Waals surface area contributed by atoms with Crippen LogP contribution >= 0.6 is 0 Å². The lowest BCUT2D eigenvalue weighted by Crippen LogP contribution is -2.42. The van der Waals surface area contributed by atoms with E-state index in [2.05, 4.69) is 33.9 Å². The molecule has 70 valence electrons. The molecule has 2 heteroatoms. The maximum atomic E-state index is 11.6. The molecule has 0 radical (unpaired) electrons. The summed E-state index contributed by atoms with van der Waals surface area (Å²) >= 11 is 0. The Hall–Kier alpha value is -0.373. The summed E-state index contributed by atoms with van der Waals surface area (Å²) in [4.78, 5) is 11.6. The largest absolute Gasteiger partial charge is 0.301 e. The van der Waals surface area contributed by atoms with E-state index in [4.69, 9.17) is 0 Å². The van der Waals surface area contributed by atoms with Gasteiger partial charge in [0.15, 0.2) is 0 Å². The van der Waals surface area contributed by atoms with Gasteiger partial charge in [-0.15, -0.1) is 0 Å². The summed E-state index contributed by atoms with van der Waals surface area (Å²) in [5, 5.41) is 0.319. The normalized spacial score (nSPS) is 15.8. The van der Waals surface area contributed by atoms with Gasteiger partial charge in [-0.1, -0.05) is 46.4 Å². The molecule has 1 atom stereocenters. The minimum Gasteiger partial charge on any atom is -0.301 e. The van der Waals surface area contributed by atoms with Crippen molar-refractivity contribution >= 4 is 13.5 Å². The molecule has 0 aromatic rings. The van der Waals surface area contributed by atoms with Crippen LogP contribution in [0.1, 0.15) is 27.2 Å². The van der Waals surface area contributed by atoms with Gasteiger partial charge >= 0.3 is 0 Å². The first kappa shape index (κ1) is 11.6. The quantitative estimate of drug-likeness (QED) is 0.474. The third kappa shape index (κ3) is 2.31. The Morgan fingerprint density at radius 2 is 2.08 bits per heavy atom. The molecule has 0 N–H and O–H groups in total. The first-order valence-corrected chi connectivity index (χ1v) is 7.44. The zero-order valence-corrected chi connectivity index (χ0v) is 9.68. The first-order chi connectivity index (χ1) is 5.49. The van der Waals surface area contributed by atoms with Gasteiger partial charge in [0.1, 0.15) is 13.5 Å². The van der Waals surface area contributed by atoms with Crippen molar-refractivity contribution in [3.8, 4) is 0 Å². The topological polar surface area (TPSA) is 17.1 Å². The van der Waals surface area contributed by atoms with Gasteiger partial charge in [0, 0.05) is 0 Å². The van der Waals surface area contributed by atoms with E-state index in [1.54, 1.807) is 0 Å². The highest BCUT2D eigenvalue weighted by Crippen LogP contribution is 2.27. The summed E-state index contributed by atoms with van der Waals surface area (Å²) in [6.07, 6.45) is 2.63. The maximum Gasteiger partial charge on any atom is 0.137 e. The minimum absolute atomic E-state index is 0.319. The molecular weight excluding hydrogens is 164 g/mol. The van der Waals surface area contributed by atoms with Crippen molar-refractivity contribution < 1.29 is 4.79 Å². The number of carbonyl (C=O) groups is 1. The molecule has 0 aliphatic heterocycles. The van der Waals surface area contributed by atoms with E-state index in [0.29, 0.717) is 10.9 Å². The minimum atomic E-state index is -1.69. The molecule has 0 heterocycles. The van der Waals surface area contributed by atoms with E-state index in [-0.39, 0.29) is 0 Å². The lowest BCUT2D eigenvalue weighted by molar-refractivity contribution is -0.108. The molecule has 0 rings (SSSR count). The average molecular weight is 184 g/mol. The van der Waals surface area contributed by atoms with Crippen LogP contribution in [-0.4, -0.2) is 13.5 Å². The Kier molecular flexibility index (Phi) is 4.46. The van der Waals surface area contributed by atoms with Crippen LogP contribution < -0.4 is 0 Å². The number of hydrogen-bond donors (Lipinski definition) is 0. The van der Waals surface area contributed by atoms with Gasteiger partial charge in [-0.3, -0.25) is 0 Å². The van der Waals surface area contributed by atoms with Crippen molar-refractivity contribution in [2.24, 2.45) is 0 Å². The molecule has 0 spiro atoms. The van der Waals surface area contributed by atoms with Crippen molar-refractivity contribution in [2.45, 2.75) is 45.3 Å². The molecule has 0 aromatic carbocycles. The number of rotatable bonds is 5. The summed E-state index contributed by atoms with van der Waals surface area (Å²) in [5.74, 6) is 0. The van der Waals surface area contributed by atoms with Crippen molar-refractivity contribution in [2.75, 3.05) is 0 Å². The molecule has 1 unspecified atom stereocenters. The molecule has 0 aliphatic carbocycles. The summed E-state index contributed by atoms with van der Waals surface area (Å²) < 4.78 is 0. The summed E-state index contributed by atoms with van der Waals surface area (Å²) in [7, 11) is -1.69. The Bertz CT molecular complexity index is 175. The fourth-order valence-electron chi connectivity index (χ4n) is 1.45. The molecule has 0 aromatic heterocycles. The second-order valence-electron chi connectivity index (χ2n) is 3.89. The monoisotopic (exact) mass is 184 g/mol. The maximum absolute atomic E-state index is 11.6. The average Bonchev–Trinajstić information content (AvgIpc) is 2.03. The first-order valence-electron chi connectivity index (χ1n) is 4.66. The standard InChI is InChI=1S/C10H20OSi/c1-6-8-12(5,9(3)4)10(11)7-2/h7,9H,2,6,8H2,1,3-5H3. The fourth-order valence-corrected chi connectivity index (χ4v) is 4.35. The third-order valence-electron chi connectivity index (χ3n) is 2.79. The van der Waals surface area contributed by atoms with Crippen LogP contribution in [0.15, 0.2) is 12.7 Å². The molecule has 0 amide bonds. The third-order valence-corrected chi connectivity index (χ3v) is 8.21. The van der Waals surface area contributed by atoms with Crippen LogP contribution in [0.3, 0.4) is 0 Å². The van der Waals surface area contributed by atoms with Crippen LogP contribution in [0.4, 0.5) is 0 Å². The van der Waals surface area contributed by atoms with Crippen LogP contribution in [0, 0.1) is 0 Å². The molecular formula is C10H20OSi. The van der Waals surface area contributed by atoms with Crippen molar-refractivity contribution in [1.29, 1.82) is 0 Å². The summed E-state index contributed by atoms with van der Waals surface area (Å²) in [6, 6.07) is 1.09. The van der Waals surface area contributed by atoms with Crippen molar-refractivity contribution in [3.63, 3.8) is 0 Å². The van der Waals surface area contributed by atoms with Gasteiger partial charge in [-0.25, -0.2) is 0 Å². The number of carbonyl (C=O) groups excluding carboxylic acids is 1. The van der Waals surface area contributed by atoms with Crippen LogP contribution in [0.25, 0.3) is 0 Å². The Morgan fingerprint density at radius 1 is 1.58 bits per heavy atom. The summed E-state index contributed by atoms with van der Waals surface area (Å²) in [6.45, 7) is 12.2. The van der Waals surface area contributed by atoms with E-state index in [1.165, 1.54) is 6.08 Å². The van der Waals surface area contributed by atoms with Gasteiger partial charge < -0.3 is 4.79 Å². The molecule has 0 fully saturated rings. The fraction of sp³-hybridized carbons (Fsp3) is 0.700. The van der Waals surface area contributed by atoms with E-state index in [1.807, 2.05) is 0 Å². The second-order valence-corrected chi connectivity index (χ2v) is 8.87. The number of allylic oxidation sites excluding steroid dienone is 1. The molecule has 0 aliphatic rings. The van der Waals surface area contributed by atoms with Gasteiger partial charge in [0.25, 0.3) is 0 Å². The SMILES string of the molecule is C=CC(=O)[Si](C)(CCC)C(C)C. The highest BCUT2D eigenvalue weighted by atomic mass is 28.3. The lowest BCUT2D eigenvalue weighted by Gasteiger charge is -2.27. The molecule has 0 saturated carbocycles. The molecule has 0 bridgehead atoms. The summed E-state index contributed by atoms with van der Waals surface area (Å²) in [5.41, 5.74) is 0.531. The van der Waals surface area contributed by atoms with Gasteiger partial charge in [0.05, 0.1) is 0 Å². The second kappa shape index (κ2) is 4.60. The molecule has 1 nitrogen and oxygen atoms in total. The van der Waals surface area contributed by atoms with Crippen LogP contribution in [0.5, 0.6) is 0 Å². The zero-order valence-electron chi connectivity index (χ0n) is 8.68. The predicted octanol–water partition coefficient (Wildman–Crippen LogP) is 3.18.